The summed E-state index contributed by atoms with van der Waals surface area (Å²) in [5.74, 6) is 1.69. The van der Waals surface area contributed by atoms with Gasteiger partial charge in [0.05, 0.1) is 0 Å². The highest BCUT2D eigenvalue weighted by Crippen LogP contribution is 2.28. The van der Waals surface area contributed by atoms with Crippen molar-refractivity contribution in [2.24, 2.45) is 18.9 Å². The lowest BCUT2D eigenvalue weighted by Crippen LogP contribution is -2.28. The van der Waals surface area contributed by atoms with Crippen LogP contribution >= 0.6 is 0 Å². The van der Waals surface area contributed by atoms with Crippen LogP contribution in [0.5, 0.6) is 0 Å². The van der Waals surface area contributed by atoms with Crippen LogP contribution in [0.2, 0.25) is 0 Å². The van der Waals surface area contributed by atoms with Gasteiger partial charge in [-0.25, -0.2) is 0 Å². The second-order valence-electron chi connectivity index (χ2n) is 5.61. The van der Waals surface area contributed by atoms with Crippen LogP contribution in [0.25, 0.3) is 0 Å². The van der Waals surface area contributed by atoms with Gasteiger partial charge in [-0.1, -0.05) is 26.2 Å². The predicted molar refractivity (Wildman–Crippen MR) is 73.0 cm³/mol. The zero-order chi connectivity index (χ0) is 13.0. The highest BCUT2D eigenvalue weighted by atomic mass is 14.9. The van der Waals surface area contributed by atoms with Crippen LogP contribution in [-0.4, -0.2) is 11.1 Å². The Kier molecular flexibility index (Phi) is 4.43. The molecular formula is C15H23N3. The summed E-state index contributed by atoms with van der Waals surface area (Å²) in [6.45, 7) is 4.36. The fourth-order valence-corrected chi connectivity index (χ4v) is 2.94. The fourth-order valence-electron chi connectivity index (χ4n) is 2.94. The molecule has 1 aliphatic carbocycles. The Labute approximate surface area is 110 Å². The van der Waals surface area contributed by atoms with Gasteiger partial charge in [-0.05, 0) is 36.4 Å². The van der Waals surface area contributed by atoms with Gasteiger partial charge >= 0.3 is 0 Å². The second-order valence-corrected chi connectivity index (χ2v) is 5.61. The quantitative estimate of drug-likeness (QED) is 0.886. The zero-order valence-electron chi connectivity index (χ0n) is 11.4. The number of nitrogens with zero attached hydrogens (tertiary/aromatic N) is 2. The summed E-state index contributed by atoms with van der Waals surface area (Å²) in [5, 5.41) is 12.4. The zero-order valence-corrected chi connectivity index (χ0v) is 11.4. The molecule has 0 aliphatic heterocycles. The molecule has 1 aliphatic rings. The second kappa shape index (κ2) is 6.06. The first-order valence-electron chi connectivity index (χ1n) is 6.96. The van der Waals surface area contributed by atoms with Gasteiger partial charge in [0.1, 0.15) is 11.8 Å². The van der Waals surface area contributed by atoms with Crippen LogP contribution in [0, 0.1) is 23.2 Å². The first-order valence-corrected chi connectivity index (χ1v) is 6.96. The minimum atomic E-state index is 0.734. The van der Waals surface area contributed by atoms with E-state index in [4.69, 9.17) is 5.26 Å². The molecular weight excluding hydrogens is 222 g/mol. The lowest BCUT2D eigenvalue weighted by Gasteiger charge is -2.28. The molecule has 3 heteroatoms. The van der Waals surface area contributed by atoms with Crippen LogP contribution in [0.15, 0.2) is 12.3 Å². The summed E-state index contributed by atoms with van der Waals surface area (Å²) in [4.78, 5) is 0. The summed E-state index contributed by atoms with van der Waals surface area (Å²) in [7, 11) is 1.92. The van der Waals surface area contributed by atoms with E-state index in [9.17, 15) is 0 Å². The molecule has 1 aromatic heterocycles. The van der Waals surface area contributed by atoms with Gasteiger partial charge in [0.25, 0.3) is 0 Å². The van der Waals surface area contributed by atoms with Gasteiger partial charge in [0.2, 0.25) is 0 Å². The van der Waals surface area contributed by atoms with Crippen molar-refractivity contribution in [1.82, 2.24) is 9.88 Å². The van der Waals surface area contributed by atoms with Crippen molar-refractivity contribution >= 4 is 0 Å². The number of nitrogens with one attached hydrogen (secondary N) is 1. The molecule has 1 saturated carbocycles. The molecule has 0 amide bonds. The van der Waals surface area contributed by atoms with Gasteiger partial charge in [-0.3, -0.25) is 0 Å². The van der Waals surface area contributed by atoms with Crippen LogP contribution < -0.4 is 5.32 Å². The number of aryl methyl sites for hydroxylation is 1. The van der Waals surface area contributed by atoms with E-state index in [1.54, 1.807) is 0 Å². The molecule has 2 rings (SSSR count). The Morgan fingerprint density at radius 3 is 2.89 bits per heavy atom. The molecule has 0 radical (unpaired) electrons. The van der Waals surface area contributed by atoms with E-state index >= 15 is 0 Å². The standard InChI is InChI=1S/C15H23N3/c1-12-5-3-4-6-14(12)10-17-9-13-7-15(8-16)18(2)11-13/h7,11-12,14,17H,3-6,9-10H2,1-2H3. The summed E-state index contributed by atoms with van der Waals surface area (Å²) in [5.41, 5.74) is 1.94. The van der Waals surface area contributed by atoms with E-state index in [-0.39, 0.29) is 0 Å². The molecule has 18 heavy (non-hydrogen) atoms. The van der Waals surface area contributed by atoms with E-state index in [2.05, 4.69) is 18.3 Å². The lowest BCUT2D eigenvalue weighted by molar-refractivity contribution is 0.247. The van der Waals surface area contributed by atoms with Gasteiger partial charge in [-0.2, -0.15) is 5.26 Å². The predicted octanol–water partition coefficient (Wildman–Crippen LogP) is 2.81. The molecule has 3 nitrogen and oxygen atoms in total. The highest BCUT2D eigenvalue weighted by Gasteiger charge is 2.20. The maximum Gasteiger partial charge on any atom is 0.120 e. The van der Waals surface area contributed by atoms with E-state index in [1.807, 2.05) is 23.9 Å². The Morgan fingerprint density at radius 1 is 1.44 bits per heavy atom. The molecule has 2 atom stereocenters. The van der Waals surface area contributed by atoms with Gasteiger partial charge in [-0.15, -0.1) is 0 Å². The SMILES string of the molecule is CC1CCCCC1CNCc1cc(C#N)n(C)c1. The van der Waals surface area contributed by atoms with Crippen molar-refractivity contribution in [3.8, 4) is 6.07 Å². The molecule has 0 bridgehead atoms. The maximum atomic E-state index is 8.90. The number of hydrogen-bond acceptors (Lipinski definition) is 2. The van der Waals surface area contributed by atoms with Crippen molar-refractivity contribution in [2.45, 2.75) is 39.2 Å². The molecule has 0 saturated heterocycles. The third-order valence-electron chi connectivity index (χ3n) is 4.20. The monoisotopic (exact) mass is 245 g/mol. The average Bonchev–Trinajstić information content (AvgIpc) is 2.72. The Bertz CT molecular complexity index is 427. The summed E-state index contributed by atoms with van der Waals surface area (Å²) in [6, 6.07) is 4.17. The van der Waals surface area contributed by atoms with Gasteiger partial charge in [0, 0.05) is 19.8 Å². The van der Waals surface area contributed by atoms with E-state index in [0.29, 0.717) is 0 Å². The Balaban J connectivity index is 1.79. The van der Waals surface area contributed by atoms with E-state index in [0.717, 1.165) is 30.6 Å². The number of rotatable bonds is 4. The molecule has 98 valence electrons. The maximum absolute atomic E-state index is 8.90. The van der Waals surface area contributed by atoms with Crippen LogP contribution in [0.3, 0.4) is 0 Å². The molecule has 2 unspecified atom stereocenters. The molecule has 0 spiro atoms. The third kappa shape index (κ3) is 3.14. The molecule has 1 N–H and O–H groups in total. The van der Waals surface area contributed by atoms with Crippen LogP contribution in [0.4, 0.5) is 0 Å². The van der Waals surface area contributed by atoms with Crippen LogP contribution in [0.1, 0.15) is 43.9 Å². The number of hydrogen-bond donors (Lipinski definition) is 1. The Morgan fingerprint density at radius 2 is 2.22 bits per heavy atom. The first kappa shape index (κ1) is 13.2. The Hall–Kier alpha value is -1.27. The van der Waals surface area contributed by atoms with Crippen molar-refractivity contribution in [2.75, 3.05) is 6.54 Å². The minimum Gasteiger partial charge on any atom is -0.342 e. The smallest absolute Gasteiger partial charge is 0.120 e. The van der Waals surface area contributed by atoms with Crippen molar-refractivity contribution in [1.29, 1.82) is 5.26 Å². The summed E-state index contributed by atoms with van der Waals surface area (Å²) >= 11 is 0. The topological polar surface area (TPSA) is 40.8 Å². The van der Waals surface area contributed by atoms with Crippen LogP contribution in [-0.2, 0) is 13.6 Å². The minimum absolute atomic E-state index is 0.734. The lowest BCUT2D eigenvalue weighted by atomic mass is 9.80. The third-order valence-corrected chi connectivity index (χ3v) is 4.20. The number of nitriles is 1. The van der Waals surface area contributed by atoms with Crippen molar-refractivity contribution in [3.05, 3.63) is 23.5 Å². The molecule has 1 fully saturated rings. The first-order chi connectivity index (χ1) is 8.70. The molecule has 1 aromatic rings. The average molecular weight is 245 g/mol. The van der Waals surface area contributed by atoms with Gasteiger partial charge < -0.3 is 9.88 Å². The van der Waals surface area contributed by atoms with Gasteiger partial charge in [0.15, 0.2) is 0 Å². The highest BCUT2D eigenvalue weighted by molar-refractivity contribution is 5.28. The number of aromatic nitrogens is 1. The molecule has 1 heterocycles. The fraction of sp³-hybridized carbons (Fsp3) is 0.667. The largest absolute Gasteiger partial charge is 0.342 e. The summed E-state index contributed by atoms with van der Waals surface area (Å²) < 4.78 is 1.89. The van der Waals surface area contributed by atoms with Crippen molar-refractivity contribution < 1.29 is 0 Å². The van der Waals surface area contributed by atoms with Crippen molar-refractivity contribution in [3.63, 3.8) is 0 Å². The molecule has 0 aromatic carbocycles. The summed E-state index contributed by atoms with van der Waals surface area (Å²) in [6.07, 6.45) is 7.58. The van der Waals surface area contributed by atoms with E-state index in [1.165, 1.54) is 31.2 Å². The van der Waals surface area contributed by atoms with E-state index < -0.39 is 0 Å². The normalized spacial score (nSPS) is 23.8.